The summed E-state index contributed by atoms with van der Waals surface area (Å²) in [5.74, 6) is 1.05. The molecule has 0 N–H and O–H groups in total. The van der Waals surface area contributed by atoms with Crippen molar-refractivity contribution < 1.29 is 8.42 Å². The minimum absolute atomic E-state index is 0.0689. The molecule has 1 heterocycles. The van der Waals surface area contributed by atoms with E-state index in [9.17, 15) is 8.42 Å². The van der Waals surface area contributed by atoms with Crippen LogP contribution in [0.2, 0.25) is 0 Å². The van der Waals surface area contributed by atoms with Crippen molar-refractivity contribution in [3.8, 4) is 0 Å². The van der Waals surface area contributed by atoms with Crippen molar-refractivity contribution in [3.05, 3.63) is 5.82 Å². The number of nitrogens with zero attached hydrogens (tertiary/aromatic N) is 3. The van der Waals surface area contributed by atoms with E-state index in [0.29, 0.717) is 11.7 Å². The van der Waals surface area contributed by atoms with Gasteiger partial charge < -0.3 is 0 Å². The van der Waals surface area contributed by atoms with Crippen LogP contribution in [0.15, 0.2) is 5.16 Å². The standard InChI is InChI=1S/C8H13N3O2S/c1-11-8(14(2,12)13)9-7(10-11)6-4-3-5-6/h6H,3-5H2,1-2H3. The first-order valence-corrected chi connectivity index (χ1v) is 6.48. The van der Waals surface area contributed by atoms with Crippen LogP contribution < -0.4 is 0 Å². The zero-order valence-corrected chi connectivity index (χ0v) is 9.08. The molecule has 2 rings (SSSR count). The number of hydrogen-bond acceptors (Lipinski definition) is 4. The molecule has 0 unspecified atom stereocenters. The highest BCUT2D eigenvalue weighted by Crippen LogP contribution is 2.34. The van der Waals surface area contributed by atoms with Crippen molar-refractivity contribution in [1.29, 1.82) is 0 Å². The van der Waals surface area contributed by atoms with E-state index in [-0.39, 0.29) is 5.16 Å². The molecule has 78 valence electrons. The largest absolute Gasteiger partial charge is 0.245 e. The van der Waals surface area contributed by atoms with E-state index in [0.717, 1.165) is 19.1 Å². The lowest BCUT2D eigenvalue weighted by atomic mass is 9.85. The molecular formula is C8H13N3O2S. The molecule has 14 heavy (non-hydrogen) atoms. The van der Waals surface area contributed by atoms with Crippen LogP contribution in [0, 0.1) is 0 Å². The number of sulfone groups is 1. The molecule has 1 aliphatic rings. The summed E-state index contributed by atoms with van der Waals surface area (Å²) in [7, 11) is -1.62. The molecular weight excluding hydrogens is 202 g/mol. The first-order chi connectivity index (χ1) is 6.48. The van der Waals surface area contributed by atoms with E-state index >= 15 is 0 Å². The van der Waals surface area contributed by atoms with Gasteiger partial charge in [0.25, 0.3) is 0 Å². The van der Waals surface area contributed by atoms with Crippen molar-refractivity contribution in [2.45, 2.75) is 30.3 Å². The highest BCUT2D eigenvalue weighted by atomic mass is 32.2. The molecule has 1 saturated carbocycles. The van der Waals surface area contributed by atoms with Crippen molar-refractivity contribution in [1.82, 2.24) is 14.8 Å². The van der Waals surface area contributed by atoms with Gasteiger partial charge in [-0.15, -0.1) is 0 Å². The highest BCUT2D eigenvalue weighted by Gasteiger charge is 2.26. The number of aryl methyl sites for hydroxylation is 1. The number of rotatable bonds is 2. The topological polar surface area (TPSA) is 64.8 Å². The predicted molar refractivity (Wildman–Crippen MR) is 50.7 cm³/mol. The first-order valence-electron chi connectivity index (χ1n) is 4.59. The zero-order chi connectivity index (χ0) is 10.3. The van der Waals surface area contributed by atoms with Crippen LogP contribution in [-0.2, 0) is 16.9 Å². The van der Waals surface area contributed by atoms with E-state index in [1.807, 2.05) is 0 Å². The Labute approximate surface area is 83.1 Å². The fraction of sp³-hybridized carbons (Fsp3) is 0.750. The van der Waals surface area contributed by atoms with Gasteiger partial charge in [0, 0.05) is 19.2 Å². The summed E-state index contributed by atoms with van der Waals surface area (Å²) in [6.45, 7) is 0. The van der Waals surface area contributed by atoms with Crippen molar-refractivity contribution in [2.24, 2.45) is 7.05 Å². The molecule has 0 bridgehead atoms. The highest BCUT2D eigenvalue weighted by molar-refractivity contribution is 7.90. The summed E-state index contributed by atoms with van der Waals surface area (Å²) in [6, 6.07) is 0. The predicted octanol–water partition coefficient (Wildman–Crippen LogP) is 0.486. The minimum atomic E-state index is -3.24. The maximum Gasteiger partial charge on any atom is 0.245 e. The van der Waals surface area contributed by atoms with E-state index in [2.05, 4.69) is 10.1 Å². The van der Waals surface area contributed by atoms with E-state index in [1.54, 1.807) is 7.05 Å². The molecule has 0 amide bonds. The molecule has 1 aliphatic carbocycles. The Hall–Kier alpha value is -0.910. The molecule has 5 nitrogen and oxygen atoms in total. The van der Waals surface area contributed by atoms with Crippen molar-refractivity contribution in [2.75, 3.05) is 6.26 Å². The summed E-state index contributed by atoms with van der Waals surface area (Å²) < 4.78 is 23.9. The molecule has 0 atom stereocenters. The summed E-state index contributed by atoms with van der Waals surface area (Å²) >= 11 is 0. The molecule has 0 aromatic carbocycles. The maximum atomic E-state index is 11.3. The number of hydrogen-bond donors (Lipinski definition) is 0. The van der Waals surface area contributed by atoms with Crippen molar-refractivity contribution in [3.63, 3.8) is 0 Å². The maximum absolute atomic E-state index is 11.3. The van der Waals surface area contributed by atoms with Crippen molar-refractivity contribution >= 4 is 9.84 Å². The monoisotopic (exact) mass is 215 g/mol. The molecule has 0 aliphatic heterocycles. The van der Waals surface area contributed by atoms with E-state index in [1.165, 1.54) is 11.1 Å². The summed E-state index contributed by atoms with van der Waals surface area (Å²) in [4.78, 5) is 4.07. The Bertz CT molecular complexity index is 445. The Balaban J connectivity index is 2.39. The van der Waals surface area contributed by atoms with Gasteiger partial charge in [-0.3, -0.25) is 0 Å². The second kappa shape index (κ2) is 3.05. The Kier molecular flexibility index (Phi) is 2.10. The molecule has 0 radical (unpaired) electrons. The summed E-state index contributed by atoms with van der Waals surface area (Å²) in [6.07, 6.45) is 4.50. The second-order valence-electron chi connectivity index (χ2n) is 3.78. The lowest BCUT2D eigenvalue weighted by Crippen LogP contribution is -2.10. The molecule has 1 aromatic rings. The van der Waals surface area contributed by atoms with Crippen LogP contribution in [0.4, 0.5) is 0 Å². The fourth-order valence-corrected chi connectivity index (χ4v) is 2.33. The minimum Gasteiger partial charge on any atom is -0.239 e. The molecule has 6 heteroatoms. The quantitative estimate of drug-likeness (QED) is 0.720. The average Bonchev–Trinajstić information content (AvgIpc) is 2.25. The van der Waals surface area contributed by atoms with Gasteiger partial charge in [-0.05, 0) is 12.8 Å². The SMILES string of the molecule is Cn1nc(C2CCC2)nc1S(C)(=O)=O. The molecule has 0 saturated heterocycles. The van der Waals surface area contributed by atoms with Crippen LogP contribution >= 0.6 is 0 Å². The Morgan fingerprint density at radius 1 is 1.43 bits per heavy atom. The third-order valence-corrected chi connectivity index (χ3v) is 3.56. The Morgan fingerprint density at radius 2 is 2.07 bits per heavy atom. The van der Waals surface area contributed by atoms with Gasteiger partial charge in [-0.1, -0.05) is 6.42 Å². The number of aromatic nitrogens is 3. The van der Waals surface area contributed by atoms with Crippen LogP contribution in [0.3, 0.4) is 0 Å². The van der Waals surface area contributed by atoms with E-state index in [4.69, 9.17) is 0 Å². The van der Waals surface area contributed by atoms with Gasteiger partial charge in [0.1, 0.15) is 0 Å². The van der Waals surface area contributed by atoms with Gasteiger partial charge in [-0.2, -0.15) is 5.10 Å². The molecule has 1 fully saturated rings. The normalized spacial score (nSPS) is 18.1. The first kappa shape index (κ1) is 9.64. The lowest BCUT2D eigenvalue weighted by molar-refractivity contribution is 0.400. The van der Waals surface area contributed by atoms with Gasteiger partial charge in [0.15, 0.2) is 5.82 Å². The lowest BCUT2D eigenvalue weighted by Gasteiger charge is -2.21. The Morgan fingerprint density at radius 3 is 2.43 bits per heavy atom. The molecule has 1 aromatic heterocycles. The van der Waals surface area contributed by atoms with Crippen LogP contribution in [-0.4, -0.2) is 29.4 Å². The van der Waals surface area contributed by atoms with Gasteiger partial charge in [0.2, 0.25) is 15.0 Å². The second-order valence-corrected chi connectivity index (χ2v) is 5.69. The molecule has 0 spiro atoms. The van der Waals surface area contributed by atoms with Gasteiger partial charge >= 0.3 is 0 Å². The zero-order valence-electron chi connectivity index (χ0n) is 8.27. The third kappa shape index (κ3) is 1.54. The van der Waals surface area contributed by atoms with Crippen LogP contribution in [0.5, 0.6) is 0 Å². The van der Waals surface area contributed by atoms with Crippen LogP contribution in [0.1, 0.15) is 31.0 Å². The van der Waals surface area contributed by atoms with E-state index < -0.39 is 9.84 Å². The smallest absolute Gasteiger partial charge is 0.239 e. The summed E-state index contributed by atoms with van der Waals surface area (Å²) in [5.41, 5.74) is 0. The van der Waals surface area contributed by atoms with Crippen LogP contribution in [0.25, 0.3) is 0 Å². The summed E-state index contributed by atoms with van der Waals surface area (Å²) in [5, 5.41) is 4.19. The van der Waals surface area contributed by atoms with Gasteiger partial charge in [-0.25, -0.2) is 18.1 Å². The third-order valence-electron chi connectivity index (χ3n) is 2.54. The van der Waals surface area contributed by atoms with Gasteiger partial charge in [0.05, 0.1) is 0 Å². The average molecular weight is 215 g/mol. The fourth-order valence-electron chi connectivity index (χ4n) is 1.55.